The van der Waals surface area contributed by atoms with Crippen molar-refractivity contribution in [1.82, 2.24) is 4.90 Å². The molecule has 1 amide bonds. The van der Waals surface area contributed by atoms with Gasteiger partial charge in [-0.3, -0.25) is 9.59 Å². The average Bonchev–Trinajstić information content (AvgIpc) is 2.83. The second-order valence-corrected chi connectivity index (χ2v) is 7.95. The number of nitrogens with zero attached hydrogens (tertiary/aromatic N) is 1. The van der Waals surface area contributed by atoms with Crippen molar-refractivity contribution < 1.29 is 28.5 Å². The average molecular weight is 443 g/mol. The van der Waals surface area contributed by atoms with Crippen LogP contribution in [0.15, 0.2) is 51.6 Å². The predicted octanol–water partition coefficient (Wildman–Crippen LogP) is 2.40. The first-order chi connectivity index (χ1) is 15.6. The van der Waals surface area contributed by atoms with E-state index in [1.807, 2.05) is 13.0 Å². The zero-order valence-electron chi connectivity index (χ0n) is 18.2. The van der Waals surface area contributed by atoms with E-state index in [0.717, 1.165) is 0 Å². The van der Waals surface area contributed by atoms with Crippen LogP contribution in [-0.4, -0.2) is 61.7 Å². The molecule has 8 heteroatoms. The van der Waals surface area contributed by atoms with Crippen LogP contribution in [0.4, 0.5) is 0 Å². The first-order valence-corrected chi connectivity index (χ1v) is 11.1. The summed E-state index contributed by atoms with van der Waals surface area (Å²) in [6, 6.07) is 7.09. The SMILES string of the molecule is CCO[C@H]1OC(C(=O)N2CCOCC2)=C[C@@H](c2coc3ccccc3c2=O)[C@H]1CCCO. The van der Waals surface area contributed by atoms with E-state index in [-0.39, 0.29) is 29.6 Å². The van der Waals surface area contributed by atoms with Gasteiger partial charge in [0.25, 0.3) is 5.91 Å². The molecule has 0 radical (unpaired) electrons. The van der Waals surface area contributed by atoms with Crippen LogP contribution in [-0.2, 0) is 19.0 Å². The maximum absolute atomic E-state index is 13.4. The second kappa shape index (κ2) is 10.3. The van der Waals surface area contributed by atoms with Gasteiger partial charge in [-0.2, -0.15) is 0 Å². The zero-order chi connectivity index (χ0) is 22.5. The normalized spacial score (nSPS) is 23.6. The fraction of sp³-hybridized carbons (Fsp3) is 0.500. The number of fused-ring (bicyclic) bond motifs is 1. The van der Waals surface area contributed by atoms with Crippen molar-refractivity contribution >= 4 is 16.9 Å². The number of carbonyl (C=O) groups excluding carboxylic acids is 1. The Labute approximate surface area is 186 Å². The summed E-state index contributed by atoms with van der Waals surface area (Å²) < 4.78 is 23.0. The summed E-state index contributed by atoms with van der Waals surface area (Å²) in [4.78, 5) is 28.2. The van der Waals surface area contributed by atoms with Crippen LogP contribution in [0.2, 0.25) is 0 Å². The van der Waals surface area contributed by atoms with Crippen LogP contribution in [0.1, 0.15) is 31.2 Å². The van der Waals surface area contributed by atoms with E-state index in [1.54, 1.807) is 29.2 Å². The molecule has 1 aromatic carbocycles. The Hall–Kier alpha value is -2.68. The fourth-order valence-corrected chi connectivity index (χ4v) is 4.36. The van der Waals surface area contributed by atoms with Gasteiger partial charge in [0.1, 0.15) is 5.58 Å². The quantitative estimate of drug-likeness (QED) is 0.702. The molecule has 1 aromatic heterocycles. The maximum Gasteiger partial charge on any atom is 0.288 e. The molecule has 8 nitrogen and oxygen atoms in total. The topological polar surface area (TPSA) is 98.4 Å². The van der Waals surface area contributed by atoms with E-state index >= 15 is 0 Å². The Morgan fingerprint density at radius 2 is 2.03 bits per heavy atom. The predicted molar refractivity (Wildman–Crippen MR) is 117 cm³/mol. The summed E-state index contributed by atoms with van der Waals surface area (Å²) in [7, 11) is 0. The molecule has 1 N–H and O–H groups in total. The van der Waals surface area contributed by atoms with Gasteiger partial charge in [0.05, 0.1) is 24.9 Å². The number of para-hydroxylation sites is 1. The molecule has 0 bridgehead atoms. The minimum Gasteiger partial charge on any atom is -0.464 e. The largest absolute Gasteiger partial charge is 0.464 e. The maximum atomic E-state index is 13.4. The number of benzene rings is 1. The first-order valence-electron chi connectivity index (χ1n) is 11.1. The fourth-order valence-electron chi connectivity index (χ4n) is 4.36. The van der Waals surface area contributed by atoms with Gasteiger partial charge in [-0.15, -0.1) is 0 Å². The lowest BCUT2D eigenvalue weighted by Crippen LogP contribution is -2.45. The smallest absolute Gasteiger partial charge is 0.288 e. The minimum absolute atomic E-state index is 0.0116. The van der Waals surface area contributed by atoms with Crippen LogP contribution in [0.5, 0.6) is 0 Å². The van der Waals surface area contributed by atoms with Gasteiger partial charge < -0.3 is 28.6 Å². The van der Waals surface area contributed by atoms with E-state index in [4.69, 9.17) is 18.6 Å². The van der Waals surface area contributed by atoms with Gasteiger partial charge in [0.2, 0.25) is 6.29 Å². The third-order valence-electron chi connectivity index (χ3n) is 5.99. The second-order valence-electron chi connectivity index (χ2n) is 7.95. The van der Waals surface area contributed by atoms with E-state index in [9.17, 15) is 14.7 Å². The lowest BCUT2D eigenvalue weighted by molar-refractivity contribution is -0.171. The summed E-state index contributed by atoms with van der Waals surface area (Å²) in [5.41, 5.74) is 0.819. The summed E-state index contributed by atoms with van der Waals surface area (Å²) in [5.74, 6) is -0.781. The molecular weight excluding hydrogens is 414 g/mol. The molecule has 0 unspecified atom stereocenters. The number of aliphatic hydroxyl groups is 1. The number of carbonyl (C=O) groups is 1. The Morgan fingerprint density at radius 3 is 2.78 bits per heavy atom. The molecule has 0 aliphatic carbocycles. The molecule has 2 aromatic rings. The van der Waals surface area contributed by atoms with Gasteiger partial charge in [0, 0.05) is 43.7 Å². The van der Waals surface area contributed by atoms with Gasteiger partial charge in [-0.05, 0) is 38.0 Å². The number of morpholine rings is 1. The number of rotatable bonds is 7. The highest BCUT2D eigenvalue weighted by molar-refractivity contribution is 5.92. The van der Waals surface area contributed by atoms with Gasteiger partial charge in [-0.1, -0.05) is 12.1 Å². The molecule has 0 spiro atoms. The molecule has 3 atom stereocenters. The van der Waals surface area contributed by atoms with Crippen molar-refractivity contribution in [2.45, 2.75) is 32.0 Å². The van der Waals surface area contributed by atoms with Crippen molar-refractivity contribution in [3.05, 3.63) is 58.2 Å². The number of amides is 1. The molecule has 2 aliphatic heterocycles. The Balaban J connectivity index is 1.77. The van der Waals surface area contributed by atoms with E-state index in [1.165, 1.54) is 6.26 Å². The van der Waals surface area contributed by atoms with Gasteiger partial charge >= 0.3 is 0 Å². The van der Waals surface area contributed by atoms with E-state index in [2.05, 4.69) is 0 Å². The van der Waals surface area contributed by atoms with Crippen LogP contribution in [0.3, 0.4) is 0 Å². The van der Waals surface area contributed by atoms with Crippen LogP contribution >= 0.6 is 0 Å². The molecular formula is C24H29NO7. The minimum atomic E-state index is -0.715. The molecule has 4 rings (SSSR count). The highest BCUT2D eigenvalue weighted by Gasteiger charge is 2.40. The van der Waals surface area contributed by atoms with E-state index < -0.39 is 12.2 Å². The highest BCUT2D eigenvalue weighted by Crippen LogP contribution is 2.39. The third-order valence-corrected chi connectivity index (χ3v) is 5.99. The molecule has 3 heterocycles. The van der Waals surface area contributed by atoms with Crippen molar-refractivity contribution in [2.75, 3.05) is 39.5 Å². The zero-order valence-corrected chi connectivity index (χ0v) is 18.2. The van der Waals surface area contributed by atoms with Crippen LogP contribution in [0.25, 0.3) is 11.0 Å². The summed E-state index contributed by atoms with van der Waals surface area (Å²) in [6.07, 6.45) is 3.56. The monoisotopic (exact) mass is 443 g/mol. The van der Waals surface area contributed by atoms with Crippen molar-refractivity contribution in [1.29, 1.82) is 0 Å². The third kappa shape index (κ3) is 4.57. The number of hydrogen-bond acceptors (Lipinski definition) is 7. The first kappa shape index (κ1) is 22.5. The van der Waals surface area contributed by atoms with Crippen LogP contribution in [0, 0.1) is 5.92 Å². The molecule has 2 aliphatic rings. The number of aliphatic hydroxyl groups excluding tert-OH is 1. The summed E-state index contributed by atoms with van der Waals surface area (Å²) in [6.45, 7) is 4.17. The molecule has 1 saturated heterocycles. The molecule has 172 valence electrons. The molecule has 0 saturated carbocycles. The molecule has 1 fully saturated rings. The molecule has 32 heavy (non-hydrogen) atoms. The number of allylic oxidation sites excluding steroid dienone is 1. The Kier molecular flexibility index (Phi) is 7.24. The lowest BCUT2D eigenvalue weighted by atomic mass is 9.81. The number of hydrogen-bond donors (Lipinski definition) is 1. The summed E-state index contributed by atoms with van der Waals surface area (Å²) in [5, 5.41) is 9.91. The van der Waals surface area contributed by atoms with Crippen molar-refractivity contribution in [2.24, 2.45) is 5.92 Å². The highest BCUT2D eigenvalue weighted by atomic mass is 16.7. The van der Waals surface area contributed by atoms with Gasteiger partial charge in [-0.25, -0.2) is 0 Å². The van der Waals surface area contributed by atoms with Crippen LogP contribution < -0.4 is 5.43 Å². The lowest BCUT2D eigenvalue weighted by Gasteiger charge is -2.38. The van der Waals surface area contributed by atoms with Crippen molar-refractivity contribution in [3.63, 3.8) is 0 Å². The van der Waals surface area contributed by atoms with E-state index in [0.29, 0.717) is 62.3 Å². The Bertz CT molecular complexity index is 1020. The van der Waals surface area contributed by atoms with Crippen molar-refractivity contribution in [3.8, 4) is 0 Å². The Morgan fingerprint density at radius 1 is 1.25 bits per heavy atom. The van der Waals surface area contributed by atoms with Gasteiger partial charge in [0.15, 0.2) is 11.2 Å². The standard InChI is InChI=1S/C24H29NO7/c1-2-30-24-16(7-5-11-26)18(14-21(32-24)23(28)25-9-12-29-13-10-25)19-15-31-20-8-4-3-6-17(20)22(19)27/h3-4,6,8,14-16,18,24,26H,2,5,7,9-13H2,1H3/t16-,18-,24+/m1/s1. The number of ether oxygens (including phenoxy) is 3. The summed E-state index contributed by atoms with van der Waals surface area (Å²) >= 11 is 0.